The minimum Gasteiger partial charge on any atom is -0.341 e. The number of aromatic nitrogens is 3. The topological polar surface area (TPSA) is 51.0 Å². The Labute approximate surface area is 146 Å². The number of benzene rings is 1. The van der Waals surface area contributed by atoms with Gasteiger partial charge in [0.15, 0.2) is 5.16 Å². The molecule has 0 bridgehead atoms. The van der Waals surface area contributed by atoms with Crippen molar-refractivity contribution in [3.05, 3.63) is 41.7 Å². The van der Waals surface area contributed by atoms with Gasteiger partial charge in [-0.05, 0) is 38.2 Å². The zero-order valence-corrected chi connectivity index (χ0v) is 14.7. The molecule has 1 saturated heterocycles. The summed E-state index contributed by atoms with van der Waals surface area (Å²) in [4.78, 5) is 15.1. The first-order chi connectivity index (χ1) is 11.7. The molecule has 1 saturated carbocycles. The standard InChI is InChI=1S/C18H22N4OS/c1-13-19-20-18(22(13)15-9-10-15)24-16(14-7-3-2-4-8-14)17(23)21-11-5-6-12-21/h2-4,7-8,15-16H,5-6,9-12H2,1H3. The van der Waals surface area contributed by atoms with Crippen LogP contribution in [0.3, 0.4) is 0 Å². The third-order valence-electron chi connectivity index (χ3n) is 4.71. The summed E-state index contributed by atoms with van der Waals surface area (Å²) in [5.41, 5.74) is 1.04. The van der Waals surface area contributed by atoms with Gasteiger partial charge >= 0.3 is 0 Å². The first-order valence-corrected chi connectivity index (χ1v) is 9.54. The Morgan fingerprint density at radius 1 is 1.17 bits per heavy atom. The van der Waals surface area contributed by atoms with Crippen LogP contribution in [0, 0.1) is 6.92 Å². The number of thioether (sulfide) groups is 1. The molecule has 6 heteroatoms. The number of aryl methyl sites for hydroxylation is 1. The summed E-state index contributed by atoms with van der Waals surface area (Å²) < 4.78 is 2.21. The molecule has 1 aliphatic carbocycles. The average molecular weight is 342 g/mol. The van der Waals surface area contributed by atoms with Gasteiger partial charge < -0.3 is 9.47 Å². The van der Waals surface area contributed by atoms with Gasteiger partial charge in [0.2, 0.25) is 5.91 Å². The highest BCUT2D eigenvalue weighted by Crippen LogP contribution is 2.42. The molecule has 1 aromatic carbocycles. The van der Waals surface area contributed by atoms with Gasteiger partial charge in [0.25, 0.3) is 0 Å². The SMILES string of the molecule is Cc1nnc(SC(C(=O)N2CCCC2)c2ccccc2)n1C1CC1. The summed E-state index contributed by atoms with van der Waals surface area (Å²) >= 11 is 1.55. The Morgan fingerprint density at radius 2 is 1.88 bits per heavy atom. The monoisotopic (exact) mass is 342 g/mol. The maximum atomic E-state index is 13.1. The van der Waals surface area contributed by atoms with Gasteiger partial charge in [-0.1, -0.05) is 42.1 Å². The van der Waals surface area contributed by atoms with Crippen LogP contribution < -0.4 is 0 Å². The van der Waals surface area contributed by atoms with Crippen LogP contribution in [-0.4, -0.2) is 38.7 Å². The molecule has 2 aromatic rings. The van der Waals surface area contributed by atoms with Crippen LogP contribution in [0.4, 0.5) is 0 Å². The molecule has 0 N–H and O–H groups in total. The molecule has 5 nitrogen and oxygen atoms in total. The lowest BCUT2D eigenvalue weighted by Gasteiger charge is -2.23. The van der Waals surface area contributed by atoms with E-state index in [1.54, 1.807) is 11.8 Å². The second-order valence-corrected chi connectivity index (χ2v) is 7.64. The van der Waals surface area contributed by atoms with Crippen molar-refractivity contribution in [1.29, 1.82) is 0 Å². The van der Waals surface area contributed by atoms with E-state index in [0.717, 1.165) is 42.5 Å². The largest absolute Gasteiger partial charge is 0.341 e. The van der Waals surface area contributed by atoms with Gasteiger partial charge in [-0.25, -0.2) is 0 Å². The summed E-state index contributed by atoms with van der Waals surface area (Å²) in [6.45, 7) is 3.74. The Balaban J connectivity index is 1.64. The molecule has 1 aromatic heterocycles. The van der Waals surface area contributed by atoms with Crippen LogP contribution >= 0.6 is 11.8 Å². The minimum atomic E-state index is -0.245. The molecule has 126 valence electrons. The van der Waals surface area contributed by atoms with Crippen LogP contribution in [0.2, 0.25) is 0 Å². The fourth-order valence-corrected chi connectivity index (χ4v) is 4.52. The molecule has 2 heterocycles. The van der Waals surface area contributed by atoms with Crippen molar-refractivity contribution in [2.45, 2.75) is 49.1 Å². The molecular weight excluding hydrogens is 320 g/mol. The van der Waals surface area contributed by atoms with Gasteiger partial charge in [0, 0.05) is 19.1 Å². The number of likely N-dealkylation sites (tertiary alicyclic amines) is 1. The first kappa shape index (κ1) is 15.7. The number of hydrogen-bond acceptors (Lipinski definition) is 4. The minimum absolute atomic E-state index is 0.201. The fraction of sp³-hybridized carbons (Fsp3) is 0.500. The lowest BCUT2D eigenvalue weighted by molar-refractivity contribution is -0.129. The van der Waals surface area contributed by atoms with Crippen LogP contribution in [0.25, 0.3) is 0 Å². The number of rotatable bonds is 5. The molecule has 0 radical (unpaired) electrons. The quantitative estimate of drug-likeness (QED) is 0.782. The summed E-state index contributed by atoms with van der Waals surface area (Å²) in [5.74, 6) is 1.15. The van der Waals surface area contributed by atoms with Crippen LogP contribution in [0.1, 0.15) is 48.4 Å². The molecule has 1 atom stereocenters. The maximum absolute atomic E-state index is 13.1. The number of hydrogen-bond donors (Lipinski definition) is 0. The predicted molar refractivity (Wildman–Crippen MR) is 93.9 cm³/mol. The van der Waals surface area contributed by atoms with Crippen molar-refractivity contribution in [3.8, 4) is 0 Å². The third-order valence-corrected chi connectivity index (χ3v) is 5.91. The Bertz CT molecular complexity index is 720. The van der Waals surface area contributed by atoms with Gasteiger partial charge in [-0.15, -0.1) is 10.2 Å². The molecule has 1 aliphatic heterocycles. The van der Waals surface area contributed by atoms with Gasteiger partial charge in [0.1, 0.15) is 11.1 Å². The van der Waals surface area contributed by atoms with E-state index >= 15 is 0 Å². The van der Waals surface area contributed by atoms with Crippen molar-refractivity contribution in [1.82, 2.24) is 19.7 Å². The lowest BCUT2D eigenvalue weighted by atomic mass is 10.1. The average Bonchev–Trinajstić information content (AvgIpc) is 3.15. The fourth-order valence-electron chi connectivity index (χ4n) is 3.28. The van der Waals surface area contributed by atoms with E-state index in [0.29, 0.717) is 6.04 Å². The second-order valence-electron chi connectivity index (χ2n) is 6.57. The van der Waals surface area contributed by atoms with E-state index in [2.05, 4.69) is 14.8 Å². The van der Waals surface area contributed by atoms with Crippen molar-refractivity contribution in [3.63, 3.8) is 0 Å². The Hall–Kier alpha value is -1.82. The summed E-state index contributed by atoms with van der Waals surface area (Å²) in [6.07, 6.45) is 4.58. The van der Waals surface area contributed by atoms with Gasteiger partial charge in [-0.3, -0.25) is 4.79 Å². The number of carbonyl (C=O) groups is 1. The van der Waals surface area contributed by atoms with Crippen LogP contribution in [0.15, 0.2) is 35.5 Å². The van der Waals surface area contributed by atoms with E-state index in [-0.39, 0.29) is 11.2 Å². The van der Waals surface area contributed by atoms with Crippen LogP contribution in [0.5, 0.6) is 0 Å². The number of amides is 1. The molecule has 1 unspecified atom stereocenters. The molecule has 4 rings (SSSR count). The molecule has 1 amide bonds. The van der Waals surface area contributed by atoms with E-state index in [4.69, 9.17) is 0 Å². The number of carbonyl (C=O) groups excluding carboxylic acids is 1. The second kappa shape index (κ2) is 6.59. The highest BCUT2D eigenvalue weighted by Gasteiger charge is 2.33. The highest BCUT2D eigenvalue weighted by molar-refractivity contribution is 8.00. The summed E-state index contributed by atoms with van der Waals surface area (Å²) in [5, 5.41) is 9.23. The van der Waals surface area contributed by atoms with Crippen LogP contribution in [-0.2, 0) is 4.79 Å². The van der Waals surface area contributed by atoms with Gasteiger partial charge in [0.05, 0.1) is 0 Å². The summed E-state index contributed by atoms with van der Waals surface area (Å²) in [7, 11) is 0. The Morgan fingerprint density at radius 3 is 2.54 bits per heavy atom. The van der Waals surface area contributed by atoms with E-state index in [1.165, 1.54) is 12.8 Å². The molecule has 24 heavy (non-hydrogen) atoms. The van der Waals surface area contributed by atoms with Gasteiger partial charge in [-0.2, -0.15) is 0 Å². The third kappa shape index (κ3) is 3.07. The molecule has 2 aliphatic rings. The Kier molecular flexibility index (Phi) is 4.31. The maximum Gasteiger partial charge on any atom is 0.240 e. The van der Waals surface area contributed by atoms with Crippen molar-refractivity contribution < 1.29 is 4.79 Å². The van der Waals surface area contributed by atoms with E-state index in [9.17, 15) is 4.79 Å². The predicted octanol–water partition coefficient (Wildman–Crippen LogP) is 3.38. The van der Waals surface area contributed by atoms with Crippen molar-refractivity contribution in [2.75, 3.05) is 13.1 Å². The first-order valence-electron chi connectivity index (χ1n) is 8.66. The molecule has 0 spiro atoms. The van der Waals surface area contributed by atoms with E-state index < -0.39 is 0 Å². The number of nitrogens with zero attached hydrogens (tertiary/aromatic N) is 4. The smallest absolute Gasteiger partial charge is 0.240 e. The highest BCUT2D eigenvalue weighted by atomic mass is 32.2. The normalized spacial score (nSPS) is 18.8. The lowest BCUT2D eigenvalue weighted by Crippen LogP contribution is -2.31. The summed E-state index contributed by atoms with van der Waals surface area (Å²) in [6, 6.07) is 10.6. The molecular formula is C18H22N4OS. The zero-order valence-electron chi connectivity index (χ0n) is 13.9. The zero-order chi connectivity index (χ0) is 16.5. The molecule has 2 fully saturated rings. The van der Waals surface area contributed by atoms with Crippen molar-refractivity contribution >= 4 is 17.7 Å². The van der Waals surface area contributed by atoms with Crippen molar-refractivity contribution in [2.24, 2.45) is 0 Å². The van der Waals surface area contributed by atoms with E-state index in [1.807, 2.05) is 42.2 Å².